The molecule has 0 aliphatic heterocycles. The van der Waals surface area contributed by atoms with Crippen LogP contribution in [0.3, 0.4) is 0 Å². The van der Waals surface area contributed by atoms with E-state index < -0.39 is 29.6 Å². The van der Waals surface area contributed by atoms with Crippen LogP contribution in [0.25, 0.3) is 0 Å². The lowest BCUT2D eigenvalue weighted by atomic mass is 9.54. The fraction of sp³-hybridized carbons (Fsp3) is 0.556. The zero-order valence-electron chi connectivity index (χ0n) is 16.0. The Bertz CT molecular complexity index is 743. The van der Waals surface area contributed by atoms with Gasteiger partial charge in [0.2, 0.25) is 0 Å². The van der Waals surface area contributed by atoms with Crippen molar-refractivity contribution in [2.45, 2.75) is 45.4 Å². The lowest BCUT2D eigenvalue weighted by molar-refractivity contribution is -0.190. The number of hydrogen-bond acceptors (Lipinski definition) is 5. The normalized spacial score (nSPS) is 22.9. The number of carboxylic acids is 1. The molecule has 2 atom stereocenters. The predicted molar refractivity (Wildman–Crippen MR) is 96.0 cm³/mol. The fourth-order valence-electron chi connectivity index (χ4n) is 3.34. The molecule has 156 valence electrons. The third-order valence-electron chi connectivity index (χ3n) is 5.09. The largest absolute Gasteiger partial charge is 0.493 e. The van der Waals surface area contributed by atoms with Crippen LogP contribution < -0.4 is 20.1 Å². The summed E-state index contributed by atoms with van der Waals surface area (Å²) in [6.45, 7) is 2.56. The van der Waals surface area contributed by atoms with E-state index in [0.717, 1.165) is 6.07 Å². The Hall–Kier alpha value is -2.62. The number of carbonyl (C=O) groups is 2. The van der Waals surface area contributed by atoms with Crippen LogP contribution in [0.5, 0.6) is 11.5 Å². The Morgan fingerprint density at radius 1 is 1.32 bits per heavy atom. The van der Waals surface area contributed by atoms with Gasteiger partial charge in [0.25, 0.3) is 0 Å². The van der Waals surface area contributed by atoms with Gasteiger partial charge >= 0.3 is 18.6 Å². The molecule has 2 rings (SSSR count). The summed E-state index contributed by atoms with van der Waals surface area (Å²) < 4.78 is 39.9. The van der Waals surface area contributed by atoms with Gasteiger partial charge in [-0.1, -0.05) is 13.8 Å². The Balaban J connectivity index is 2.15. The highest BCUT2D eigenvalue weighted by molar-refractivity contribution is 5.95. The molecule has 0 radical (unpaired) electrons. The molecule has 0 spiro atoms. The minimum absolute atomic E-state index is 0.0629. The first-order valence-electron chi connectivity index (χ1n) is 8.64. The van der Waals surface area contributed by atoms with E-state index in [4.69, 9.17) is 9.47 Å². The molecule has 1 aromatic carbocycles. The number of halogens is 2. The number of benzene rings is 1. The second-order valence-electron chi connectivity index (χ2n) is 6.90. The molecule has 0 bridgehead atoms. The summed E-state index contributed by atoms with van der Waals surface area (Å²) in [7, 11) is 1.29. The molecule has 10 heteroatoms. The second kappa shape index (κ2) is 8.17. The van der Waals surface area contributed by atoms with Crippen molar-refractivity contribution in [1.29, 1.82) is 0 Å². The molecular formula is C18H24F2N2O6. The van der Waals surface area contributed by atoms with E-state index in [1.165, 1.54) is 19.2 Å². The van der Waals surface area contributed by atoms with Gasteiger partial charge in [-0.05, 0) is 19.1 Å². The predicted octanol–water partition coefficient (Wildman–Crippen LogP) is 3.08. The summed E-state index contributed by atoms with van der Waals surface area (Å²) in [4.78, 5) is 24.3. The zero-order valence-corrected chi connectivity index (χ0v) is 16.0. The van der Waals surface area contributed by atoms with Gasteiger partial charge < -0.3 is 30.0 Å². The maximum atomic E-state index is 12.5. The number of ether oxygens (including phenoxy) is 3. The Morgan fingerprint density at radius 3 is 2.50 bits per heavy atom. The van der Waals surface area contributed by atoms with E-state index in [0.29, 0.717) is 6.61 Å². The second-order valence-corrected chi connectivity index (χ2v) is 6.90. The summed E-state index contributed by atoms with van der Waals surface area (Å²) in [6.07, 6.45) is -0.209. The van der Waals surface area contributed by atoms with E-state index >= 15 is 0 Å². The van der Waals surface area contributed by atoms with E-state index in [2.05, 4.69) is 15.4 Å². The van der Waals surface area contributed by atoms with Crippen molar-refractivity contribution in [2.75, 3.05) is 19.0 Å². The number of hydrogen-bond donors (Lipinski definition) is 3. The molecular weight excluding hydrogens is 378 g/mol. The number of carbonyl (C=O) groups excluding carboxylic acids is 1. The first-order chi connectivity index (χ1) is 13.1. The van der Waals surface area contributed by atoms with E-state index in [1.54, 1.807) is 20.8 Å². The molecule has 0 heterocycles. The third kappa shape index (κ3) is 3.96. The lowest BCUT2D eigenvalue weighted by Crippen LogP contribution is -2.76. The number of aliphatic carboxylic acids is 1. The number of carboxylic acid groups (broad SMARTS) is 1. The quantitative estimate of drug-likeness (QED) is 0.617. The van der Waals surface area contributed by atoms with E-state index in [9.17, 15) is 23.5 Å². The van der Waals surface area contributed by atoms with Crippen LogP contribution in [0.4, 0.5) is 19.3 Å². The van der Waals surface area contributed by atoms with Gasteiger partial charge in [-0.15, -0.1) is 0 Å². The lowest BCUT2D eigenvalue weighted by Gasteiger charge is -2.58. The number of nitrogens with one attached hydrogen (secondary N) is 2. The van der Waals surface area contributed by atoms with Gasteiger partial charge in [0, 0.05) is 30.2 Å². The fourth-order valence-corrected chi connectivity index (χ4v) is 3.34. The Labute approximate surface area is 161 Å². The van der Waals surface area contributed by atoms with Crippen molar-refractivity contribution < 1.29 is 37.7 Å². The number of amides is 2. The number of methoxy groups -OCH3 is 1. The van der Waals surface area contributed by atoms with Crippen molar-refractivity contribution >= 4 is 17.7 Å². The van der Waals surface area contributed by atoms with Crippen molar-refractivity contribution in [3.8, 4) is 11.5 Å². The average molecular weight is 402 g/mol. The van der Waals surface area contributed by atoms with Gasteiger partial charge in [-0.2, -0.15) is 8.78 Å². The van der Waals surface area contributed by atoms with Gasteiger partial charge in [0.05, 0.1) is 13.2 Å². The molecule has 1 saturated carbocycles. The van der Waals surface area contributed by atoms with Crippen molar-refractivity contribution in [1.82, 2.24) is 5.32 Å². The number of alkyl halides is 2. The number of rotatable bonds is 8. The van der Waals surface area contributed by atoms with E-state index in [1.807, 2.05) is 0 Å². The highest BCUT2D eigenvalue weighted by atomic mass is 19.3. The molecule has 3 N–H and O–H groups in total. The smallest absolute Gasteiger partial charge is 0.387 e. The molecule has 8 nitrogen and oxygen atoms in total. The van der Waals surface area contributed by atoms with Crippen LogP contribution in [0.15, 0.2) is 18.2 Å². The number of anilines is 1. The van der Waals surface area contributed by atoms with Crippen molar-refractivity contribution in [3.05, 3.63) is 18.2 Å². The molecule has 1 aliphatic rings. The SMILES string of the molecule is CCO[C@H]1C[C@](NC(=O)Nc2ccc(OC)c(OC(F)F)c2)(C(=O)O)C1(C)C. The zero-order chi connectivity index (χ0) is 21.1. The molecule has 1 aromatic rings. The maximum Gasteiger partial charge on any atom is 0.387 e. The van der Waals surface area contributed by atoms with Crippen LogP contribution in [0.1, 0.15) is 27.2 Å². The molecule has 1 fully saturated rings. The molecule has 0 unspecified atom stereocenters. The van der Waals surface area contributed by atoms with Crippen molar-refractivity contribution in [3.63, 3.8) is 0 Å². The summed E-state index contributed by atoms with van der Waals surface area (Å²) in [5.41, 5.74) is -2.24. The molecule has 0 saturated heterocycles. The summed E-state index contributed by atoms with van der Waals surface area (Å²) >= 11 is 0. The number of urea groups is 1. The first kappa shape index (κ1) is 21.7. The highest BCUT2D eigenvalue weighted by Gasteiger charge is 2.66. The van der Waals surface area contributed by atoms with Crippen LogP contribution in [-0.4, -0.2) is 49.1 Å². The first-order valence-corrected chi connectivity index (χ1v) is 8.64. The summed E-state index contributed by atoms with van der Waals surface area (Å²) in [6, 6.07) is 3.13. The van der Waals surface area contributed by atoms with Crippen molar-refractivity contribution in [2.24, 2.45) is 5.41 Å². The van der Waals surface area contributed by atoms with Gasteiger partial charge in [0.1, 0.15) is 5.54 Å². The molecule has 0 aromatic heterocycles. The van der Waals surface area contributed by atoms with Crippen LogP contribution in [0, 0.1) is 5.41 Å². The molecule has 1 aliphatic carbocycles. The summed E-state index contributed by atoms with van der Waals surface area (Å²) in [5, 5.41) is 14.6. The van der Waals surface area contributed by atoms with Crippen LogP contribution in [-0.2, 0) is 9.53 Å². The highest BCUT2D eigenvalue weighted by Crippen LogP contribution is 2.51. The average Bonchev–Trinajstić information content (AvgIpc) is 2.60. The standard InChI is InChI=1S/C18H24F2N2O6/c1-5-27-13-9-18(14(23)24,17(13,2)3)22-16(25)21-10-6-7-11(26-4)12(8-10)28-15(19)20/h6-8,13,15H,5,9H2,1-4H3,(H,23,24)(H2,21,22,25)/t13-,18-/m0/s1. The van der Waals surface area contributed by atoms with Gasteiger partial charge in [0.15, 0.2) is 11.5 Å². The monoisotopic (exact) mass is 402 g/mol. The summed E-state index contributed by atoms with van der Waals surface area (Å²) in [5.74, 6) is -1.38. The molecule has 2 amide bonds. The minimum atomic E-state index is -3.07. The molecule has 28 heavy (non-hydrogen) atoms. The third-order valence-corrected chi connectivity index (χ3v) is 5.09. The van der Waals surface area contributed by atoms with Gasteiger partial charge in [-0.3, -0.25) is 0 Å². The van der Waals surface area contributed by atoms with Gasteiger partial charge in [-0.25, -0.2) is 9.59 Å². The topological polar surface area (TPSA) is 106 Å². The Morgan fingerprint density at radius 2 is 2.00 bits per heavy atom. The Kier molecular flexibility index (Phi) is 6.33. The van der Waals surface area contributed by atoms with Crippen LogP contribution >= 0.6 is 0 Å². The minimum Gasteiger partial charge on any atom is -0.493 e. The van der Waals surface area contributed by atoms with E-state index in [-0.39, 0.29) is 29.7 Å². The van der Waals surface area contributed by atoms with Crippen LogP contribution in [0.2, 0.25) is 0 Å². The maximum absolute atomic E-state index is 12.5.